The van der Waals surface area contributed by atoms with E-state index in [4.69, 9.17) is 23.6 Å². The van der Waals surface area contributed by atoms with E-state index in [0.29, 0.717) is 0 Å². The van der Waals surface area contributed by atoms with E-state index in [0.717, 1.165) is 38.4 Å². The first-order valence-corrected chi connectivity index (χ1v) is 12.3. The molecule has 6 rings (SSSR count). The topological polar surface area (TPSA) is 54.2 Å². The van der Waals surface area contributed by atoms with E-state index in [9.17, 15) is 0 Å². The average molecular weight is 470 g/mol. The van der Waals surface area contributed by atoms with Gasteiger partial charge in [-0.25, -0.2) is 4.98 Å². The number of fused-ring (bicyclic) bond motifs is 5. The number of hydrogen-bond donors (Lipinski definition) is 0. The molecule has 2 aromatic heterocycles. The predicted octanol–water partition coefficient (Wildman–Crippen LogP) is 4.24. The highest BCUT2D eigenvalue weighted by Gasteiger charge is 2.53. The first-order chi connectivity index (χ1) is 16.3. The summed E-state index contributed by atoms with van der Waals surface area (Å²) < 4.78 is 27.7. The van der Waals surface area contributed by atoms with Gasteiger partial charge in [-0.2, -0.15) is 0 Å². The fraction of sp³-hybridized carbons (Fsp3) is 0.444. The predicted molar refractivity (Wildman–Crippen MR) is 142 cm³/mol. The Labute approximate surface area is 207 Å². The van der Waals surface area contributed by atoms with Crippen molar-refractivity contribution in [2.75, 3.05) is 0 Å². The number of benzene rings is 2. The van der Waals surface area contributed by atoms with E-state index in [-0.39, 0.29) is 0 Å². The van der Waals surface area contributed by atoms with Crippen LogP contribution < -0.4 is 10.9 Å². The van der Waals surface area contributed by atoms with Gasteiger partial charge >= 0.3 is 14.2 Å². The number of pyridine rings is 1. The lowest BCUT2D eigenvalue weighted by atomic mass is 9.77. The van der Waals surface area contributed by atoms with E-state index in [2.05, 4.69) is 84.2 Å². The SMILES string of the molecule is CC1(C)OB(c2ccc3nc4c5ccccc5c(B5OC(C)(C)C(C)(C)O5)cn4c3c2)OC1(C)C. The first kappa shape index (κ1) is 23.0. The molecule has 2 aliphatic rings. The Kier molecular flexibility index (Phi) is 4.67. The molecular weight excluding hydrogens is 438 g/mol. The lowest BCUT2D eigenvalue weighted by Crippen LogP contribution is -2.41. The second kappa shape index (κ2) is 7.10. The van der Waals surface area contributed by atoms with Gasteiger partial charge in [0.25, 0.3) is 0 Å². The Bertz CT molecular complexity index is 1460. The van der Waals surface area contributed by atoms with Crippen molar-refractivity contribution in [2.24, 2.45) is 0 Å². The molecule has 180 valence electrons. The van der Waals surface area contributed by atoms with Gasteiger partial charge in [0, 0.05) is 17.0 Å². The number of rotatable bonds is 2. The molecule has 35 heavy (non-hydrogen) atoms. The molecule has 8 heteroatoms. The van der Waals surface area contributed by atoms with Crippen molar-refractivity contribution < 1.29 is 18.6 Å². The molecule has 0 amide bonds. The first-order valence-electron chi connectivity index (χ1n) is 12.3. The molecule has 2 aromatic carbocycles. The maximum atomic E-state index is 6.45. The molecule has 2 saturated heterocycles. The summed E-state index contributed by atoms with van der Waals surface area (Å²) in [6, 6.07) is 14.5. The monoisotopic (exact) mass is 470 g/mol. The largest absolute Gasteiger partial charge is 0.497 e. The van der Waals surface area contributed by atoms with Crippen molar-refractivity contribution in [3.63, 3.8) is 0 Å². The maximum absolute atomic E-state index is 6.45. The van der Waals surface area contributed by atoms with Crippen LogP contribution in [-0.2, 0) is 18.6 Å². The molecule has 4 heterocycles. The molecule has 0 spiro atoms. The van der Waals surface area contributed by atoms with Crippen LogP contribution in [0.1, 0.15) is 55.4 Å². The lowest BCUT2D eigenvalue weighted by Gasteiger charge is -2.32. The minimum absolute atomic E-state index is 0.397. The van der Waals surface area contributed by atoms with Crippen molar-refractivity contribution in [1.82, 2.24) is 9.38 Å². The Morgan fingerprint density at radius 2 is 1.23 bits per heavy atom. The molecule has 0 bridgehead atoms. The fourth-order valence-corrected chi connectivity index (χ4v) is 4.85. The molecule has 0 aliphatic carbocycles. The highest BCUT2D eigenvalue weighted by molar-refractivity contribution is 6.65. The number of nitrogens with zero attached hydrogens (tertiary/aromatic N) is 2. The summed E-state index contributed by atoms with van der Waals surface area (Å²) in [7, 11) is -0.906. The van der Waals surface area contributed by atoms with Gasteiger partial charge in [-0.15, -0.1) is 0 Å². The standard InChI is InChI=1S/C27H32B2N2O4/c1-24(2)25(3,4)33-28(32-24)17-13-14-21-22(15-17)31-16-20(29-34-26(5,6)27(7,8)35-29)18-11-9-10-12-19(18)23(31)30-21/h9-16H,1-8H3. The highest BCUT2D eigenvalue weighted by Crippen LogP contribution is 2.38. The maximum Gasteiger partial charge on any atom is 0.497 e. The molecule has 4 aromatic rings. The number of imidazole rings is 1. The zero-order valence-corrected chi connectivity index (χ0v) is 21.8. The zero-order chi connectivity index (χ0) is 25.0. The second-order valence-electron chi connectivity index (χ2n) is 11.9. The van der Waals surface area contributed by atoms with Gasteiger partial charge in [0.15, 0.2) is 0 Å². The van der Waals surface area contributed by atoms with E-state index in [1.165, 1.54) is 0 Å². The van der Waals surface area contributed by atoms with Gasteiger partial charge in [0.1, 0.15) is 5.65 Å². The Morgan fingerprint density at radius 3 is 1.83 bits per heavy atom. The van der Waals surface area contributed by atoms with E-state index in [1.807, 2.05) is 24.3 Å². The molecule has 6 nitrogen and oxygen atoms in total. The average Bonchev–Trinajstić information content (AvgIpc) is 3.32. The van der Waals surface area contributed by atoms with E-state index in [1.54, 1.807) is 0 Å². The van der Waals surface area contributed by atoms with Crippen molar-refractivity contribution in [3.05, 3.63) is 48.7 Å². The van der Waals surface area contributed by atoms with Gasteiger partial charge in [-0.3, -0.25) is 4.40 Å². The lowest BCUT2D eigenvalue weighted by molar-refractivity contribution is 0.00578. The number of aromatic nitrogens is 2. The number of hydrogen-bond acceptors (Lipinski definition) is 5. The summed E-state index contributed by atoms with van der Waals surface area (Å²) in [6.07, 6.45) is 2.11. The van der Waals surface area contributed by atoms with Crippen molar-refractivity contribution in [2.45, 2.75) is 77.8 Å². The van der Waals surface area contributed by atoms with Crippen LogP contribution >= 0.6 is 0 Å². The Balaban J connectivity index is 1.54. The Morgan fingerprint density at radius 1 is 0.686 bits per heavy atom. The molecule has 0 radical (unpaired) electrons. The third kappa shape index (κ3) is 3.30. The van der Waals surface area contributed by atoms with Crippen molar-refractivity contribution in [1.29, 1.82) is 0 Å². The summed E-state index contributed by atoms with van der Waals surface area (Å²) in [5, 5.41) is 2.15. The quantitative estimate of drug-likeness (QED) is 0.411. The fourth-order valence-electron chi connectivity index (χ4n) is 4.85. The van der Waals surface area contributed by atoms with Crippen LogP contribution in [0, 0.1) is 0 Å². The van der Waals surface area contributed by atoms with Crippen molar-refractivity contribution >= 4 is 52.6 Å². The van der Waals surface area contributed by atoms with Gasteiger partial charge in [0.2, 0.25) is 0 Å². The summed E-state index contributed by atoms with van der Waals surface area (Å²) in [4.78, 5) is 4.99. The third-order valence-corrected chi connectivity index (χ3v) is 8.49. The molecule has 0 N–H and O–H groups in total. The summed E-state index contributed by atoms with van der Waals surface area (Å²) in [5.74, 6) is 0. The van der Waals surface area contributed by atoms with Crippen LogP contribution in [0.15, 0.2) is 48.7 Å². The van der Waals surface area contributed by atoms with Crippen molar-refractivity contribution in [3.8, 4) is 0 Å². The van der Waals surface area contributed by atoms with Gasteiger partial charge in [0.05, 0.1) is 33.4 Å². The summed E-state index contributed by atoms with van der Waals surface area (Å²) >= 11 is 0. The van der Waals surface area contributed by atoms with Gasteiger partial charge < -0.3 is 18.6 Å². The molecule has 2 aliphatic heterocycles. The normalized spacial score (nSPS) is 22.6. The summed E-state index contributed by atoms with van der Waals surface area (Å²) in [5.41, 5.74) is 3.15. The zero-order valence-electron chi connectivity index (χ0n) is 21.8. The van der Waals surface area contributed by atoms with Gasteiger partial charge in [-0.05, 0) is 78.4 Å². The third-order valence-electron chi connectivity index (χ3n) is 8.49. The molecule has 0 atom stereocenters. The smallest absolute Gasteiger partial charge is 0.399 e. The highest BCUT2D eigenvalue weighted by atomic mass is 16.7. The minimum atomic E-state index is -0.474. The van der Waals surface area contributed by atoms with Gasteiger partial charge in [-0.1, -0.05) is 30.3 Å². The van der Waals surface area contributed by atoms with Crippen LogP contribution in [0.25, 0.3) is 27.5 Å². The molecular formula is C27H32B2N2O4. The minimum Gasteiger partial charge on any atom is -0.399 e. The Hall–Kier alpha value is -2.38. The summed E-state index contributed by atoms with van der Waals surface area (Å²) in [6.45, 7) is 16.6. The van der Waals surface area contributed by atoms with Crippen LogP contribution in [0.3, 0.4) is 0 Å². The molecule has 0 unspecified atom stereocenters. The molecule has 0 saturated carbocycles. The van der Waals surface area contributed by atoms with E-state index >= 15 is 0 Å². The van der Waals surface area contributed by atoms with Crippen LogP contribution in [0.5, 0.6) is 0 Å². The van der Waals surface area contributed by atoms with Crippen LogP contribution in [0.4, 0.5) is 0 Å². The van der Waals surface area contributed by atoms with Crippen LogP contribution in [-0.4, -0.2) is 46.0 Å². The molecule has 2 fully saturated rings. The second-order valence-corrected chi connectivity index (χ2v) is 11.9. The van der Waals surface area contributed by atoms with Crippen LogP contribution in [0.2, 0.25) is 0 Å². The van der Waals surface area contributed by atoms with E-state index < -0.39 is 36.6 Å².